The molecule has 0 aromatic heterocycles. The van der Waals surface area contributed by atoms with E-state index in [1.807, 2.05) is 0 Å². The van der Waals surface area contributed by atoms with Crippen LogP contribution in [0.3, 0.4) is 0 Å². The largest absolute Gasteiger partial charge is 0.397 e. The molecule has 0 aliphatic carbocycles. The van der Waals surface area contributed by atoms with Gasteiger partial charge in [-0.15, -0.1) is 0 Å². The lowest BCUT2D eigenvalue weighted by Gasteiger charge is -2.30. The predicted molar refractivity (Wildman–Crippen MR) is 152 cm³/mol. The minimum Gasteiger partial charge on any atom is -0.397 e. The molecule has 0 bridgehead atoms. The highest BCUT2D eigenvalue weighted by molar-refractivity contribution is 7.10. The lowest BCUT2D eigenvalue weighted by atomic mass is 10.3. The summed E-state index contributed by atoms with van der Waals surface area (Å²) in [7, 11) is 2.39. The molecule has 3 aromatic rings. The van der Waals surface area contributed by atoms with Gasteiger partial charge in [0, 0.05) is 42.7 Å². The Labute approximate surface area is 215 Å². The summed E-state index contributed by atoms with van der Waals surface area (Å²) in [6.45, 7) is 2.40. The number of hydrogen-bond acceptors (Lipinski definition) is 6. The predicted octanol–water partition coefficient (Wildman–Crippen LogP) is -1.05. The van der Waals surface area contributed by atoms with Crippen LogP contribution in [-0.2, 0) is 26.6 Å². The summed E-state index contributed by atoms with van der Waals surface area (Å²) >= 11 is 0. The minimum atomic E-state index is -2.31. The molecule has 0 spiro atoms. The third-order valence-electron chi connectivity index (χ3n) is 6.57. The first-order valence-electron chi connectivity index (χ1n) is 11.4. The Morgan fingerprint density at radius 3 is 0.771 bits per heavy atom. The van der Waals surface area contributed by atoms with Crippen LogP contribution >= 0.6 is 0 Å². The van der Waals surface area contributed by atoms with Gasteiger partial charge in [0.15, 0.2) is 0 Å². The first kappa shape index (κ1) is 27.9. The van der Waals surface area contributed by atoms with E-state index in [9.17, 15) is 0 Å². The molecule has 0 radical (unpaired) electrons. The van der Waals surface area contributed by atoms with Crippen molar-refractivity contribution >= 4 is 67.0 Å². The van der Waals surface area contributed by atoms with E-state index in [1.165, 1.54) is 15.6 Å². The van der Waals surface area contributed by atoms with Gasteiger partial charge >= 0.3 is 27.9 Å². The van der Waals surface area contributed by atoms with Crippen LogP contribution < -0.4 is 31.1 Å². The van der Waals surface area contributed by atoms with E-state index in [1.54, 1.807) is 42.7 Å². The average Bonchev–Trinajstić information content (AvgIpc) is 2.91. The van der Waals surface area contributed by atoms with E-state index in [4.69, 9.17) is 26.6 Å². The zero-order chi connectivity index (χ0) is 25.4. The van der Waals surface area contributed by atoms with Crippen LogP contribution in [0.25, 0.3) is 0 Å². The second-order valence-corrected chi connectivity index (χ2v) is 19.2. The summed E-state index contributed by atoms with van der Waals surface area (Å²) in [5, 5.41) is 7.35. The van der Waals surface area contributed by atoms with Gasteiger partial charge in [-0.25, -0.2) is 0 Å². The molecular weight excluding hydrogens is 509 g/mol. The number of rotatable bonds is 12. The summed E-state index contributed by atoms with van der Waals surface area (Å²) in [4.78, 5) is 0. The average molecular weight is 545 g/mol. The van der Waals surface area contributed by atoms with E-state index in [0.717, 1.165) is 15.6 Å². The molecule has 6 nitrogen and oxygen atoms in total. The lowest BCUT2D eigenvalue weighted by molar-refractivity contribution is 0.291. The van der Waals surface area contributed by atoms with Crippen molar-refractivity contribution < 1.29 is 26.6 Å². The van der Waals surface area contributed by atoms with Crippen LogP contribution in [0.15, 0.2) is 72.8 Å². The third-order valence-corrected chi connectivity index (χ3v) is 16.4. The summed E-state index contributed by atoms with van der Waals surface area (Å²) in [5.74, 6) is 0. The fourth-order valence-electron chi connectivity index (χ4n) is 4.53. The molecular formula is C25H36O6Si4. The van der Waals surface area contributed by atoms with Crippen molar-refractivity contribution in [1.82, 2.24) is 0 Å². The van der Waals surface area contributed by atoms with E-state index < -0.39 is 35.9 Å². The van der Waals surface area contributed by atoms with Gasteiger partial charge in [-0.05, 0) is 31.1 Å². The molecule has 188 valence electrons. The molecule has 0 saturated heterocycles. The molecule has 3 aromatic carbocycles. The molecule has 0 amide bonds. The van der Waals surface area contributed by atoms with E-state index in [0.29, 0.717) is 0 Å². The summed E-state index contributed by atoms with van der Waals surface area (Å²) in [6, 6.07) is 26.4. The lowest BCUT2D eigenvalue weighted by Crippen LogP contribution is -2.65. The Balaban J connectivity index is 2.10. The standard InChI is InChI=1S/C25H36O6Si4/c1-26-32(27-2)20-8-14-23(15-9-20)35(7,24-16-10-21(11-17-24)33(28-3)29-4)25-18-12-22(13-19-25)34(30-5)31-6/h8-19,32-34H,1-7H3. The molecule has 0 N–H and O–H groups in total. The Morgan fingerprint density at radius 1 is 0.400 bits per heavy atom. The Hall–Kier alpha value is -1.71. The quantitative estimate of drug-likeness (QED) is 0.214. The Kier molecular flexibility index (Phi) is 10.4. The Morgan fingerprint density at radius 2 is 0.600 bits per heavy atom. The van der Waals surface area contributed by atoms with Gasteiger partial charge in [-0.3, -0.25) is 0 Å². The maximum Gasteiger partial charge on any atom is 0.355 e. The van der Waals surface area contributed by atoms with Crippen molar-refractivity contribution in [2.75, 3.05) is 42.7 Å². The van der Waals surface area contributed by atoms with Crippen LogP contribution in [0.1, 0.15) is 0 Å². The van der Waals surface area contributed by atoms with E-state index in [2.05, 4.69) is 79.3 Å². The smallest absolute Gasteiger partial charge is 0.355 e. The summed E-state index contributed by atoms with van der Waals surface area (Å²) in [6.07, 6.45) is 0. The van der Waals surface area contributed by atoms with Gasteiger partial charge in [-0.2, -0.15) is 0 Å². The molecule has 0 aliphatic heterocycles. The molecule has 0 aliphatic rings. The van der Waals surface area contributed by atoms with Crippen LogP contribution in [0.4, 0.5) is 0 Å². The second kappa shape index (κ2) is 13.0. The van der Waals surface area contributed by atoms with Crippen molar-refractivity contribution in [3.8, 4) is 0 Å². The first-order chi connectivity index (χ1) is 17.0. The number of benzene rings is 3. The SMILES string of the molecule is CO[SiH](OC)c1ccc([Si](C)(c2ccc([SiH](OC)OC)cc2)c2ccc([SiH](OC)OC)cc2)cc1. The van der Waals surface area contributed by atoms with Crippen LogP contribution in [-0.4, -0.2) is 78.6 Å². The topological polar surface area (TPSA) is 55.4 Å². The Bertz CT molecular complexity index is 900. The van der Waals surface area contributed by atoms with Gasteiger partial charge in [0.05, 0.1) is 0 Å². The molecule has 0 saturated carbocycles. The molecule has 0 fully saturated rings. The maximum absolute atomic E-state index is 5.58. The van der Waals surface area contributed by atoms with Crippen molar-refractivity contribution in [1.29, 1.82) is 0 Å². The highest BCUT2D eigenvalue weighted by Gasteiger charge is 2.35. The fraction of sp³-hybridized carbons (Fsp3) is 0.280. The summed E-state index contributed by atoms with van der Waals surface area (Å²) < 4.78 is 33.5. The van der Waals surface area contributed by atoms with Crippen LogP contribution in [0, 0.1) is 0 Å². The monoisotopic (exact) mass is 544 g/mol. The molecule has 10 heteroatoms. The van der Waals surface area contributed by atoms with Crippen molar-refractivity contribution in [2.45, 2.75) is 6.55 Å². The minimum absolute atomic E-state index is 1.13. The van der Waals surface area contributed by atoms with Gasteiger partial charge in [-0.1, -0.05) is 79.3 Å². The molecule has 0 atom stereocenters. The second-order valence-electron chi connectivity index (χ2n) is 8.40. The van der Waals surface area contributed by atoms with Gasteiger partial charge in [0.1, 0.15) is 8.07 Å². The molecule has 0 heterocycles. The van der Waals surface area contributed by atoms with Gasteiger partial charge in [0.25, 0.3) is 0 Å². The number of hydrogen-bond donors (Lipinski definition) is 0. The summed E-state index contributed by atoms with van der Waals surface area (Å²) in [5.41, 5.74) is 0. The van der Waals surface area contributed by atoms with E-state index in [-0.39, 0.29) is 0 Å². The van der Waals surface area contributed by atoms with Gasteiger partial charge < -0.3 is 26.6 Å². The van der Waals surface area contributed by atoms with Crippen molar-refractivity contribution in [3.63, 3.8) is 0 Å². The van der Waals surface area contributed by atoms with Gasteiger partial charge in [0.2, 0.25) is 0 Å². The van der Waals surface area contributed by atoms with E-state index >= 15 is 0 Å². The van der Waals surface area contributed by atoms with Crippen molar-refractivity contribution in [2.24, 2.45) is 0 Å². The molecule has 3 rings (SSSR count). The highest BCUT2D eigenvalue weighted by Crippen LogP contribution is 2.07. The molecule has 35 heavy (non-hydrogen) atoms. The van der Waals surface area contributed by atoms with Crippen LogP contribution in [0.5, 0.6) is 0 Å². The van der Waals surface area contributed by atoms with Crippen LogP contribution in [0.2, 0.25) is 6.55 Å². The highest BCUT2D eigenvalue weighted by atomic mass is 28.3. The maximum atomic E-state index is 5.58. The zero-order valence-electron chi connectivity index (χ0n) is 21.6. The third kappa shape index (κ3) is 6.00. The first-order valence-corrected chi connectivity index (χ1v) is 18.5. The van der Waals surface area contributed by atoms with Crippen molar-refractivity contribution in [3.05, 3.63) is 72.8 Å². The molecule has 0 unspecified atom stereocenters. The zero-order valence-corrected chi connectivity index (χ0v) is 26.1. The fourth-order valence-corrected chi connectivity index (χ4v) is 11.8. The normalized spacial score (nSPS) is 12.2.